The first kappa shape index (κ1) is 33.9. The van der Waals surface area contributed by atoms with Gasteiger partial charge in [0.2, 0.25) is 0 Å². The number of benzene rings is 9. The molecule has 0 bridgehead atoms. The van der Waals surface area contributed by atoms with E-state index in [0.717, 1.165) is 88.0 Å². The Balaban J connectivity index is 1.09. The number of fused-ring (bicyclic) bond motifs is 7. The number of hydrogen-bond acceptors (Lipinski definition) is 5. The zero-order valence-corrected chi connectivity index (χ0v) is 32.2. The fraction of sp³-hybridized carbons (Fsp3) is 0. The van der Waals surface area contributed by atoms with E-state index in [1.165, 1.54) is 16.7 Å². The van der Waals surface area contributed by atoms with Crippen LogP contribution in [0.3, 0.4) is 0 Å². The maximum Gasteiger partial charge on any atom is 0.165 e. The van der Waals surface area contributed by atoms with E-state index in [-0.39, 0.29) is 0 Å². The third-order valence-corrected chi connectivity index (χ3v) is 11.6. The Morgan fingerprint density at radius 2 is 0.783 bits per heavy atom. The highest BCUT2D eigenvalue weighted by atomic mass is 16.3. The monoisotopic (exact) mass is 767 g/mol. The lowest BCUT2D eigenvalue weighted by molar-refractivity contribution is 0.668. The SMILES string of the molecule is c1ccc(-c2ccccc2-c2ccc(-c3ccc4oc5ccccc5c4c3-c3nc(-c4ccc5ccccc5c4)nc(-c4ccc5oc6ccccc6c5c4)n3)cc2)cc1. The van der Waals surface area contributed by atoms with Gasteiger partial charge in [-0.15, -0.1) is 0 Å². The van der Waals surface area contributed by atoms with Gasteiger partial charge in [-0.25, -0.2) is 15.0 Å². The number of para-hydroxylation sites is 2. The Morgan fingerprint density at radius 3 is 1.55 bits per heavy atom. The van der Waals surface area contributed by atoms with Crippen LogP contribution in [-0.2, 0) is 0 Å². The lowest BCUT2D eigenvalue weighted by Crippen LogP contribution is -2.01. The van der Waals surface area contributed by atoms with Crippen molar-refractivity contribution in [3.05, 3.63) is 200 Å². The summed E-state index contributed by atoms with van der Waals surface area (Å²) in [4.78, 5) is 15.9. The van der Waals surface area contributed by atoms with Crippen molar-refractivity contribution in [1.29, 1.82) is 0 Å². The lowest BCUT2D eigenvalue weighted by atomic mass is 9.91. The molecular weight excluding hydrogens is 735 g/mol. The summed E-state index contributed by atoms with van der Waals surface area (Å²) in [5.74, 6) is 1.71. The van der Waals surface area contributed by atoms with E-state index >= 15 is 0 Å². The van der Waals surface area contributed by atoms with Gasteiger partial charge < -0.3 is 8.83 Å². The molecular formula is C55H33N3O2. The highest BCUT2D eigenvalue weighted by Gasteiger charge is 2.23. The van der Waals surface area contributed by atoms with Gasteiger partial charge >= 0.3 is 0 Å². The predicted octanol–water partition coefficient (Wildman–Crippen LogP) is 14.8. The molecule has 3 heterocycles. The molecule has 280 valence electrons. The third kappa shape index (κ3) is 5.67. The van der Waals surface area contributed by atoms with Gasteiger partial charge in [0, 0.05) is 38.2 Å². The Bertz CT molecular complexity index is 3600. The van der Waals surface area contributed by atoms with Gasteiger partial charge in [-0.3, -0.25) is 0 Å². The molecule has 0 N–H and O–H groups in total. The Kier molecular flexibility index (Phi) is 7.78. The first-order valence-corrected chi connectivity index (χ1v) is 20.1. The van der Waals surface area contributed by atoms with Crippen LogP contribution in [0.5, 0.6) is 0 Å². The molecule has 0 saturated carbocycles. The van der Waals surface area contributed by atoms with Crippen LogP contribution < -0.4 is 0 Å². The number of furan rings is 2. The van der Waals surface area contributed by atoms with Crippen LogP contribution in [0.1, 0.15) is 0 Å². The minimum Gasteiger partial charge on any atom is -0.456 e. The standard InChI is InChI=1S/C55H33N3O2/c1-2-13-35(14-3-1)41-16-6-7-17-42(41)36-23-25-37(26-24-36)43-29-31-50-51(45-19-9-11-21-48(45)60-50)52(43)55-57-53(39-27-22-34-12-4-5-15-38(34)32-39)56-54(58-55)40-28-30-49-46(33-40)44-18-8-10-20-47(44)59-49/h1-33H. The van der Waals surface area contributed by atoms with Gasteiger partial charge in [-0.05, 0) is 92.7 Å². The van der Waals surface area contributed by atoms with Gasteiger partial charge in [0.05, 0.1) is 0 Å². The molecule has 0 aliphatic carbocycles. The molecule has 0 aliphatic rings. The molecule has 60 heavy (non-hydrogen) atoms. The first-order chi connectivity index (χ1) is 29.7. The molecule has 0 unspecified atom stereocenters. The van der Waals surface area contributed by atoms with Crippen molar-refractivity contribution in [2.75, 3.05) is 0 Å². The molecule has 0 spiro atoms. The molecule has 5 heteroatoms. The van der Waals surface area contributed by atoms with Gasteiger partial charge in [-0.1, -0.05) is 152 Å². The fourth-order valence-corrected chi connectivity index (χ4v) is 8.66. The maximum atomic E-state index is 6.51. The van der Waals surface area contributed by atoms with Crippen molar-refractivity contribution in [3.63, 3.8) is 0 Å². The van der Waals surface area contributed by atoms with Crippen LogP contribution in [0, 0.1) is 0 Å². The second-order valence-corrected chi connectivity index (χ2v) is 15.1. The average Bonchev–Trinajstić information content (AvgIpc) is 3.89. The van der Waals surface area contributed by atoms with E-state index in [0.29, 0.717) is 17.5 Å². The maximum absolute atomic E-state index is 6.51. The summed E-state index contributed by atoms with van der Waals surface area (Å²) >= 11 is 0. The van der Waals surface area contributed by atoms with E-state index < -0.39 is 0 Å². The molecule has 12 aromatic rings. The quantitative estimate of drug-likeness (QED) is 0.169. The van der Waals surface area contributed by atoms with Crippen molar-refractivity contribution in [2.45, 2.75) is 0 Å². The smallest absolute Gasteiger partial charge is 0.165 e. The van der Waals surface area contributed by atoms with Gasteiger partial charge in [0.15, 0.2) is 17.5 Å². The first-order valence-electron chi connectivity index (χ1n) is 20.1. The Labute approximate surface area is 344 Å². The van der Waals surface area contributed by atoms with Crippen LogP contribution in [0.25, 0.3) is 122 Å². The second kappa shape index (κ2) is 13.8. The molecule has 12 rings (SSSR count). The highest BCUT2D eigenvalue weighted by molar-refractivity contribution is 6.15. The molecule has 0 radical (unpaired) electrons. The van der Waals surface area contributed by atoms with E-state index in [9.17, 15) is 0 Å². The van der Waals surface area contributed by atoms with E-state index in [1.807, 2.05) is 42.5 Å². The van der Waals surface area contributed by atoms with E-state index in [4.69, 9.17) is 23.8 Å². The van der Waals surface area contributed by atoms with Crippen molar-refractivity contribution in [1.82, 2.24) is 15.0 Å². The normalized spacial score (nSPS) is 11.7. The number of aromatic nitrogens is 3. The molecule has 5 nitrogen and oxygen atoms in total. The molecule has 0 amide bonds. The van der Waals surface area contributed by atoms with Crippen molar-refractivity contribution >= 4 is 54.6 Å². The summed E-state index contributed by atoms with van der Waals surface area (Å²) < 4.78 is 12.7. The number of hydrogen-bond donors (Lipinski definition) is 0. The Morgan fingerprint density at radius 1 is 0.283 bits per heavy atom. The molecule has 3 aromatic heterocycles. The fourth-order valence-electron chi connectivity index (χ4n) is 8.66. The van der Waals surface area contributed by atoms with Crippen LogP contribution in [0.4, 0.5) is 0 Å². The second-order valence-electron chi connectivity index (χ2n) is 15.1. The van der Waals surface area contributed by atoms with Gasteiger partial charge in [0.25, 0.3) is 0 Å². The Hall–Kier alpha value is -8.15. The third-order valence-electron chi connectivity index (χ3n) is 11.6. The van der Waals surface area contributed by atoms with Gasteiger partial charge in [-0.2, -0.15) is 0 Å². The summed E-state index contributed by atoms with van der Waals surface area (Å²) in [5.41, 5.74) is 12.6. The molecule has 0 fully saturated rings. The largest absolute Gasteiger partial charge is 0.456 e. The molecule has 0 aliphatic heterocycles. The van der Waals surface area contributed by atoms with Crippen LogP contribution in [0.2, 0.25) is 0 Å². The molecule has 0 saturated heterocycles. The summed E-state index contributed by atoms with van der Waals surface area (Å²) in [7, 11) is 0. The summed E-state index contributed by atoms with van der Waals surface area (Å²) in [6.45, 7) is 0. The van der Waals surface area contributed by atoms with Gasteiger partial charge in [0.1, 0.15) is 22.3 Å². The summed E-state index contributed by atoms with van der Waals surface area (Å²) in [5, 5.41) is 6.28. The number of rotatable bonds is 6. The molecule has 0 atom stereocenters. The van der Waals surface area contributed by atoms with Crippen LogP contribution >= 0.6 is 0 Å². The van der Waals surface area contributed by atoms with Crippen molar-refractivity contribution < 1.29 is 8.83 Å². The van der Waals surface area contributed by atoms with E-state index in [1.54, 1.807) is 0 Å². The predicted molar refractivity (Wildman–Crippen MR) is 245 cm³/mol. The van der Waals surface area contributed by atoms with Crippen molar-refractivity contribution in [2.24, 2.45) is 0 Å². The zero-order chi connectivity index (χ0) is 39.6. The van der Waals surface area contributed by atoms with Crippen LogP contribution in [-0.4, -0.2) is 15.0 Å². The van der Waals surface area contributed by atoms with Crippen LogP contribution in [0.15, 0.2) is 209 Å². The lowest BCUT2D eigenvalue weighted by Gasteiger charge is -2.15. The topological polar surface area (TPSA) is 65.0 Å². The highest BCUT2D eigenvalue weighted by Crippen LogP contribution is 2.44. The molecule has 9 aromatic carbocycles. The number of nitrogens with zero attached hydrogens (tertiary/aromatic N) is 3. The summed E-state index contributed by atoms with van der Waals surface area (Å²) in [6.07, 6.45) is 0. The zero-order valence-electron chi connectivity index (χ0n) is 32.2. The average molecular weight is 768 g/mol. The van der Waals surface area contributed by atoms with Crippen molar-refractivity contribution in [3.8, 4) is 67.5 Å². The van der Waals surface area contributed by atoms with E-state index in [2.05, 4.69) is 158 Å². The minimum atomic E-state index is 0.561. The minimum absolute atomic E-state index is 0.561. The summed E-state index contributed by atoms with van der Waals surface area (Å²) in [6, 6.07) is 69.4.